The van der Waals surface area contributed by atoms with E-state index in [1.807, 2.05) is 0 Å². The quantitative estimate of drug-likeness (QED) is 0.590. The number of allylic oxidation sites excluding steroid dienone is 4. The lowest BCUT2D eigenvalue weighted by Gasteiger charge is -2.09. The molecule has 0 aliphatic heterocycles. The van der Waals surface area contributed by atoms with E-state index < -0.39 is 16.8 Å². The maximum atomic E-state index is 12.1. The van der Waals surface area contributed by atoms with E-state index in [9.17, 15) is 13.2 Å². The van der Waals surface area contributed by atoms with Crippen LogP contribution in [0.15, 0.2) is 35.4 Å². The fourth-order valence-electron chi connectivity index (χ4n) is 0.560. The predicted octanol–water partition coefficient (Wildman–Crippen LogP) is 3.80. The van der Waals surface area contributed by atoms with Crippen molar-refractivity contribution in [1.82, 2.24) is 0 Å². The minimum Gasteiger partial charge on any atom is -0.166 e. The molecule has 0 rings (SSSR count). The first-order valence-electron chi connectivity index (χ1n) is 3.06. The van der Waals surface area contributed by atoms with Crippen molar-refractivity contribution < 1.29 is 13.2 Å². The second kappa shape index (κ2) is 3.81. The highest BCUT2D eigenvalue weighted by Gasteiger charge is 2.33. The van der Waals surface area contributed by atoms with E-state index in [0.29, 0.717) is 6.08 Å². The Morgan fingerprint density at radius 2 is 1.83 bits per heavy atom. The molecule has 0 aliphatic rings. The highest BCUT2D eigenvalue weighted by Crippen LogP contribution is 2.32. The Morgan fingerprint density at radius 3 is 1.92 bits per heavy atom. The van der Waals surface area contributed by atoms with Crippen LogP contribution in [0, 0.1) is 0 Å². The summed E-state index contributed by atoms with van der Waals surface area (Å²) in [6, 6.07) is 0. The Kier molecular flexibility index (Phi) is 3.58. The zero-order chi connectivity index (χ0) is 9.94. The fraction of sp³-hybridized carbons (Fsp3) is 0.250. The topological polar surface area (TPSA) is 0 Å². The number of hydrogen-bond donors (Lipinski definition) is 0. The van der Waals surface area contributed by atoms with Gasteiger partial charge in [0.15, 0.2) is 0 Å². The highest BCUT2D eigenvalue weighted by atomic mass is 35.5. The molecule has 0 aromatic heterocycles. The number of alkyl halides is 3. The van der Waals surface area contributed by atoms with E-state index in [1.54, 1.807) is 0 Å². The molecule has 0 saturated carbocycles. The molecule has 0 amide bonds. The molecule has 0 aromatic carbocycles. The second-order valence-electron chi connectivity index (χ2n) is 2.21. The van der Waals surface area contributed by atoms with E-state index in [2.05, 4.69) is 13.2 Å². The van der Waals surface area contributed by atoms with Gasteiger partial charge in [-0.1, -0.05) is 30.8 Å². The van der Waals surface area contributed by atoms with Gasteiger partial charge < -0.3 is 0 Å². The summed E-state index contributed by atoms with van der Waals surface area (Å²) in [6.07, 6.45) is -3.78. The number of hydrogen-bond acceptors (Lipinski definition) is 0. The van der Waals surface area contributed by atoms with Gasteiger partial charge in [-0.05, 0) is 12.5 Å². The van der Waals surface area contributed by atoms with Crippen molar-refractivity contribution >= 4 is 11.6 Å². The van der Waals surface area contributed by atoms with Crippen molar-refractivity contribution in [2.24, 2.45) is 0 Å². The molecule has 0 bridgehead atoms. The zero-order valence-electron chi connectivity index (χ0n) is 6.50. The molecule has 0 fully saturated rings. The van der Waals surface area contributed by atoms with E-state index >= 15 is 0 Å². The van der Waals surface area contributed by atoms with Crippen molar-refractivity contribution in [3.05, 3.63) is 35.4 Å². The summed E-state index contributed by atoms with van der Waals surface area (Å²) in [4.78, 5) is 0. The average molecular weight is 197 g/mol. The Morgan fingerprint density at radius 1 is 1.42 bits per heavy atom. The smallest absolute Gasteiger partial charge is 0.166 e. The standard InChI is InChI=1S/C8H8ClF3/c1-4-6(8(10,11)12)7(9)5(2)3/h4H,1-2H2,3H3/b7-6-. The largest absolute Gasteiger partial charge is 0.417 e. The summed E-state index contributed by atoms with van der Waals surface area (Å²) in [7, 11) is 0. The lowest BCUT2D eigenvalue weighted by molar-refractivity contribution is -0.0884. The Balaban J connectivity index is 5.14. The first-order chi connectivity index (χ1) is 5.30. The molecular formula is C8H8ClF3. The summed E-state index contributed by atoms with van der Waals surface area (Å²) in [5.74, 6) is 0. The molecule has 0 nitrogen and oxygen atoms in total. The normalized spacial score (nSPS) is 13.8. The van der Waals surface area contributed by atoms with E-state index in [1.165, 1.54) is 6.92 Å². The number of halogens is 4. The molecule has 0 spiro atoms. The molecule has 12 heavy (non-hydrogen) atoms. The van der Waals surface area contributed by atoms with Gasteiger partial charge >= 0.3 is 6.18 Å². The first-order valence-corrected chi connectivity index (χ1v) is 3.43. The van der Waals surface area contributed by atoms with Crippen molar-refractivity contribution in [2.45, 2.75) is 13.1 Å². The van der Waals surface area contributed by atoms with Gasteiger partial charge in [0, 0.05) is 0 Å². The zero-order valence-corrected chi connectivity index (χ0v) is 7.26. The Bertz CT molecular complexity index is 235. The third kappa shape index (κ3) is 2.74. The van der Waals surface area contributed by atoms with Crippen LogP contribution in [0.4, 0.5) is 13.2 Å². The molecule has 0 aromatic rings. The molecule has 0 radical (unpaired) electrons. The van der Waals surface area contributed by atoms with Crippen LogP contribution in [0.3, 0.4) is 0 Å². The highest BCUT2D eigenvalue weighted by molar-refractivity contribution is 6.32. The van der Waals surface area contributed by atoms with Crippen molar-refractivity contribution in [1.29, 1.82) is 0 Å². The summed E-state index contributed by atoms with van der Waals surface area (Å²) < 4.78 is 36.2. The molecule has 0 atom stereocenters. The van der Waals surface area contributed by atoms with E-state index in [-0.39, 0.29) is 5.57 Å². The monoisotopic (exact) mass is 196 g/mol. The van der Waals surface area contributed by atoms with Crippen LogP contribution >= 0.6 is 11.6 Å². The average Bonchev–Trinajstić information content (AvgIpc) is 1.85. The van der Waals surface area contributed by atoms with Crippen LogP contribution < -0.4 is 0 Å². The molecule has 0 saturated heterocycles. The van der Waals surface area contributed by atoms with Gasteiger partial charge in [0.2, 0.25) is 0 Å². The van der Waals surface area contributed by atoms with Crippen molar-refractivity contribution in [3.8, 4) is 0 Å². The van der Waals surface area contributed by atoms with Gasteiger partial charge in [-0.2, -0.15) is 13.2 Å². The van der Waals surface area contributed by atoms with Crippen LogP contribution in [0.1, 0.15) is 6.92 Å². The van der Waals surface area contributed by atoms with Crippen LogP contribution in [0.2, 0.25) is 0 Å². The minimum absolute atomic E-state index is 0.170. The minimum atomic E-state index is -4.46. The molecule has 0 aliphatic carbocycles. The summed E-state index contributed by atoms with van der Waals surface area (Å²) >= 11 is 5.36. The van der Waals surface area contributed by atoms with Crippen LogP contribution in [0.5, 0.6) is 0 Å². The summed E-state index contributed by atoms with van der Waals surface area (Å²) in [5.41, 5.74) is -0.777. The fourth-order valence-corrected chi connectivity index (χ4v) is 0.744. The van der Waals surface area contributed by atoms with Gasteiger partial charge in [-0.15, -0.1) is 0 Å². The van der Waals surface area contributed by atoms with Crippen molar-refractivity contribution in [3.63, 3.8) is 0 Å². The Hall–Kier alpha value is -0.700. The lowest BCUT2D eigenvalue weighted by atomic mass is 10.2. The van der Waals surface area contributed by atoms with E-state index in [0.717, 1.165) is 0 Å². The lowest BCUT2D eigenvalue weighted by Crippen LogP contribution is -2.11. The summed E-state index contributed by atoms with van der Waals surface area (Å²) in [6.45, 7) is 7.73. The number of rotatable bonds is 2. The van der Waals surface area contributed by atoms with Crippen LogP contribution in [-0.2, 0) is 0 Å². The third-order valence-corrected chi connectivity index (χ3v) is 1.65. The van der Waals surface area contributed by atoms with Gasteiger partial charge in [0.25, 0.3) is 0 Å². The van der Waals surface area contributed by atoms with Gasteiger partial charge in [-0.3, -0.25) is 0 Å². The van der Waals surface area contributed by atoms with Gasteiger partial charge in [0.05, 0.1) is 10.6 Å². The van der Waals surface area contributed by atoms with Gasteiger partial charge in [-0.25, -0.2) is 0 Å². The summed E-state index contributed by atoms with van der Waals surface area (Å²) in [5, 5.41) is -0.391. The van der Waals surface area contributed by atoms with Crippen molar-refractivity contribution in [2.75, 3.05) is 0 Å². The maximum Gasteiger partial charge on any atom is 0.417 e. The molecule has 0 heterocycles. The molecule has 68 valence electrons. The molecular weight excluding hydrogens is 189 g/mol. The maximum absolute atomic E-state index is 12.1. The van der Waals surface area contributed by atoms with Crippen LogP contribution in [0.25, 0.3) is 0 Å². The third-order valence-electron chi connectivity index (χ3n) is 1.12. The molecule has 4 heteroatoms. The predicted molar refractivity (Wildman–Crippen MR) is 43.9 cm³/mol. The molecule has 0 unspecified atom stereocenters. The van der Waals surface area contributed by atoms with E-state index in [4.69, 9.17) is 11.6 Å². The SMILES string of the molecule is C=C/C(=C(/Cl)C(=C)C)C(F)(F)F. The van der Waals surface area contributed by atoms with Crippen LogP contribution in [-0.4, -0.2) is 6.18 Å². The first kappa shape index (κ1) is 11.3. The van der Waals surface area contributed by atoms with Gasteiger partial charge in [0.1, 0.15) is 0 Å². The molecule has 0 N–H and O–H groups in total. The second-order valence-corrected chi connectivity index (χ2v) is 2.59. The Labute approximate surface area is 74.0 Å².